The Morgan fingerprint density at radius 1 is 1.07 bits per heavy atom. The average molecular weight is 373 g/mol. The van der Waals surface area contributed by atoms with Gasteiger partial charge in [0, 0.05) is 23.9 Å². The Morgan fingerprint density at radius 3 is 2.54 bits per heavy atom. The summed E-state index contributed by atoms with van der Waals surface area (Å²) >= 11 is 0. The molecule has 1 aromatic heterocycles. The summed E-state index contributed by atoms with van der Waals surface area (Å²) in [4.78, 5) is 32.0. The molecule has 1 atom stereocenters. The van der Waals surface area contributed by atoms with E-state index in [1.807, 2.05) is 53.4 Å². The first-order valence-corrected chi connectivity index (χ1v) is 8.94. The first kappa shape index (κ1) is 17.7. The molecular formula is C22H19N3O3. The Balaban J connectivity index is 1.64. The van der Waals surface area contributed by atoms with Crippen LogP contribution in [0.2, 0.25) is 0 Å². The summed E-state index contributed by atoms with van der Waals surface area (Å²) in [6.07, 6.45) is 1.51. The van der Waals surface area contributed by atoms with Gasteiger partial charge in [0.15, 0.2) is 5.78 Å². The summed E-state index contributed by atoms with van der Waals surface area (Å²) in [7, 11) is 1.52. The Labute approximate surface area is 162 Å². The number of para-hydroxylation sites is 2. The number of pyridine rings is 1. The number of fused-ring (bicyclic) bond motifs is 1. The number of Topliss-reactive ketones (excluding diaryl/α,β-unsaturated/α-hetero) is 1. The van der Waals surface area contributed by atoms with E-state index in [0.29, 0.717) is 17.1 Å². The summed E-state index contributed by atoms with van der Waals surface area (Å²) in [5, 5.41) is 2.79. The fraction of sp³-hybridized carbons (Fsp3) is 0.136. The van der Waals surface area contributed by atoms with Gasteiger partial charge in [-0.15, -0.1) is 0 Å². The monoisotopic (exact) mass is 373 g/mol. The van der Waals surface area contributed by atoms with E-state index < -0.39 is 5.92 Å². The minimum Gasteiger partial charge on any atom is -0.481 e. The molecule has 4 rings (SSSR count). The molecule has 1 unspecified atom stereocenters. The highest BCUT2D eigenvalue weighted by atomic mass is 16.5. The summed E-state index contributed by atoms with van der Waals surface area (Å²) in [6, 6.07) is 20.5. The van der Waals surface area contributed by atoms with Crippen LogP contribution in [0.4, 0.5) is 17.1 Å². The highest BCUT2D eigenvalue weighted by Crippen LogP contribution is 2.35. The lowest BCUT2D eigenvalue weighted by atomic mass is 9.89. The Hall–Kier alpha value is -3.67. The lowest BCUT2D eigenvalue weighted by Crippen LogP contribution is -2.42. The zero-order chi connectivity index (χ0) is 19.5. The van der Waals surface area contributed by atoms with Crippen LogP contribution < -0.4 is 15.0 Å². The molecular weight excluding hydrogens is 354 g/mol. The molecule has 0 saturated heterocycles. The SMILES string of the molecule is COc1ccc(NC(=O)C2CN(c3ccccc3)c3ccccc3C2=O)cn1. The molecule has 0 saturated carbocycles. The van der Waals surface area contributed by atoms with Gasteiger partial charge in [0.2, 0.25) is 11.8 Å². The van der Waals surface area contributed by atoms with Crippen LogP contribution in [0.15, 0.2) is 72.9 Å². The van der Waals surface area contributed by atoms with Crippen LogP contribution in [-0.2, 0) is 4.79 Å². The Morgan fingerprint density at radius 2 is 1.82 bits per heavy atom. The van der Waals surface area contributed by atoms with Crippen molar-refractivity contribution in [1.29, 1.82) is 0 Å². The van der Waals surface area contributed by atoms with Gasteiger partial charge in [0.05, 0.1) is 24.7 Å². The van der Waals surface area contributed by atoms with Gasteiger partial charge in [-0.2, -0.15) is 0 Å². The molecule has 0 radical (unpaired) electrons. The molecule has 3 aromatic rings. The van der Waals surface area contributed by atoms with Crippen molar-refractivity contribution in [2.45, 2.75) is 0 Å². The van der Waals surface area contributed by atoms with E-state index in [-0.39, 0.29) is 18.2 Å². The topological polar surface area (TPSA) is 71.5 Å². The van der Waals surface area contributed by atoms with E-state index in [0.717, 1.165) is 11.4 Å². The standard InChI is InChI=1S/C22H19N3O3/c1-28-20-12-11-15(13-23-20)24-22(27)18-14-25(16-7-3-2-4-8-16)19-10-6-5-9-17(19)21(18)26/h2-13,18H,14H2,1H3,(H,24,27). The summed E-state index contributed by atoms with van der Waals surface area (Å²) < 4.78 is 5.03. The molecule has 0 fully saturated rings. The molecule has 28 heavy (non-hydrogen) atoms. The van der Waals surface area contributed by atoms with Crippen LogP contribution in [0.3, 0.4) is 0 Å². The molecule has 1 amide bonds. The van der Waals surface area contributed by atoms with Gasteiger partial charge in [-0.25, -0.2) is 4.98 Å². The lowest BCUT2D eigenvalue weighted by Gasteiger charge is -2.34. The predicted octanol–water partition coefficient (Wildman–Crippen LogP) is 3.68. The summed E-state index contributed by atoms with van der Waals surface area (Å²) in [5.41, 5.74) is 2.81. The van der Waals surface area contributed by atoms with Gasteiger partial charge in [-0.3, -0.25) is 9.59 Å². The van der Waals surface area contributed by atoms with Crippen molar-refractivity contribution < 1.29 is 14.3 Å². The molecule has 2 aromatic carbocycles. The molecule has 6 nitrogen and oxygen atoms in total. The third-order valence-corrected chi connectivity index (χ3v) is 4.74. The van der Waals surface area contributed by atoms with Crippen molar-refractivity contribution in [1.82, 2.24) is 4.98 Å². The fourth-order valence-electron chi connectivity index (χ4n) is 3.33. The van der Waals surface area contributed by atoms with E-state index >= 15 is 0 Å². The number of hydrogen-bond donors (Lipinski definition) is 1. The molecule has 2 heterocycles. The number of aromatic nitrogens is 1. The molecule has 0 spiro atoms. The number of nitrogens with zero attached hydrogens (tertiary/aromatic N) is 2. The number of benzene rings is 2. The van der Waals surface area contributed by atoms with Crippen molar-refractivity contribution in [2.75, 3.05) is 23.9 Å². The van der Waals surface area contributed by atoms with E-state index in [9.17, 15) is 9.59 Å². The van der Waals surface area contributed by atoms with Crippen molar-refractivity contribution >= 4 is 28.8 Å². The van der Waals surface area contributed by atoms with Gasteiger partial charge in [-0.1, -0.05) is 30.3 Å². The minimum absolute atomic E-state index is 0.179. The highest BCUT2D eigenvalue weighted by Gasteiger charge is 2.37. The van der Waals surface area contributed by atoms with E-state index in [2.05, 4.69) is 10.3 Å². The van der Waals surface area contributed by atoms with Crippen LogP contribution in [0.5, 0.6) is 5.88 Å². The number of carbonyl (C=O) groups excluding carboxylic acids is 2. The third kappa shape index (κ3) is 3.32. The van der Waals surface area contributed by atoms with E-state index in [1.54, 1.807) is 18.2 Å². The molecule has 1 aliphatic rings. The maximum atomic E-state index is 13.0. The first-order chi connectivity index (χ1) is 13.7. The number of ether oxygens (including phenoxy) is 1. The number of amides is 1. The Bertz CT molecular complexity index is 1000. The normalized spacial score (nSPS) is 15.7. The number of anilines is 3. The van der Waals surface area contributed by atoms with Gasteiger partial charge >= 0.3 is 0 Å². The maximum Gasteiger partial charge on any atom is 0.237 e. The number of ketones is 1. The van der Waals surface area contributed by atoms with E-state index in [1.165, 1.54) is 13.3 Å². The predicted molar refractivity (Wildman–Crippen MR) is 107 cm³/mol. The van der Waals surface area contributed by atoms with Crippen LogP contribution in [-0.4, -0.2) is 30.3 Å². The quantitative estimate of drug-likeness (QED) is 0.707. The zero-order valence-electron chi connectivity index (χ0n) is 15.3. The largest absolute Gasteiger partial charge is 0.481 e. The summed E-state index contributed by atoms with van der Waals surface area (Å²) in [6.45, 7) is 0.273. The van der Waals surface area contributed by atoms with Crippen molar-refractivity contribution in [2.24, 2.45) is 5.92 Å². The second-order valence-electron chi connectivity index (χ2n) is 6.46. The maximum absolute atomic E-state index is 13.0. The molecule has 0 aliphatic carbocycles. The fourth-order valence-corrected chi connectivity index (χ4v) is 3.33. The molecule has 1 N–H and O–H groups in total. The number of methoxy groups -OCH3 is 1. The molecule has 140 valence electrons. The second kappa shape index (κ2) is 7.52. The highest BCUT2D eigenvalue weighted by molar-refractivity contribution is 6.17. The smallest absolute Gasteiger partial charge is 0.237 e. The molecule has 6 heteroatoms. The van der Waals surface area contributed by atoms with Gasteiger partial charge in [0.1, 0.15) is 5.92 Å². The molecule has 0 bridgehead atoms. The number of carbonyl (C=O) groups is 2. The van der Waals surface area contributed by atoms with Crippen LogP contribution in [0, 0.1) is 5.92 Å². The van der Waals surface area contributed by atoms with Gasteiger partial charge < -0.3 is 15.0 Å². The minimum atomic E-state index is -0.822. The van der Waals surface area contributed by atoms with Crippen molar-refractivity contribution in [3.63, 3.8) is 0 Å². The van der Waals surface area contributed by atoms with Crippen molar-refractivity contribution in [3.8, 4) is 5.88 Å². The number of rotatable bonds is 4. The summed E-state index contributed by atoms with van der Waals surface area (Å²) in [5.74, 6) is -0.901. The van der Waals surface area contributed by atoms with Crippen LogP contribution >= 0.6 is 0 Å². The first-order valence-electron chi connectivity index (χ1n) is 8.94. The van der Waals surface area contributed by atoms with Gasteiger partial charge in [0.25, 0.3) is 0 Å². The number of hydrogen-bond acceptors (Lipinski definition) is 5. The Kier molecular flexibility index (Phi) is 4.76. The third-order valence-electron chi connectivity index (χ3n) is 4.74. The van der Waals surface area contributed by atoms with E-state index in [4.69, 9.17) is 4.74 Å². The second-order valence-corrected chi connectivity index (χ2v) is 6.46. The average Bonchev–Trinajstić information content (AvgIpc) is 2.75. The zero-order valence-corrected chi connectivity index (χ0v) is 15.3. The van der Waals surface area contributed by atoms with Crippen molar-refractivity contribution in [3.05, 3.63) is 78.5 Å². The van der Waals surface area contributed by atoms with Crippen LogP contribution in [0.25, 0.3) is 0 Å². The van der Waals surface area contributed by atoms with Gasteiger partial charge in [-0.05, 0) is 30.3 Å². The number of nitrogens with one attached hydrogen (secondary N) is 1. The van der Waals surface area contributed by atoms with Crippen LogP contribution in [0.1, 0.15) is 10.4 Å². The molecule has 1 aliphatic heterocycles. The lowest BCUT2D eigenvalue weighted by molar-refractivity contribution is -0.118.